The maximum absolute atomic E-state index is 12.5. The van der Waals surface area contributed by atoms with E-state index in [0.717, 1.165) is 6.07 Å². The van der Waals surface area contributed by atoms with Crippen molar-refractivity contribution in [1.29, 1.82) is 0 Å². The van der Waals surface area contributed by atoms with Gasteiger partial charge in [0.1, 0.15) is 0 Å². The van der Waals surface area contributed by atoms with E-state index < -0.39 is 19.8 Å². The molecule has 0 radical (unpaired) electrons. The molecule has 0 N–H and O–H groups in total. The van der Waals surface area contributed by atoms with Gasteiger partial charge >= 0.3 is 6.18 Å². The number of hydrogen-bond acceptors (Lipinski definition) is 0. The van der Waals surface area contributed by atoms with Crippen molar-refractivity contribution in [3.8, 4) is 0 Å². The van der Waals surface area contributed by atoms with Crippen molar-refractivity contribution in [3.05, 3.63) is 28.8 Å². The summed E-state index contributed by atoms with van der Waals surface area (Å²) >= 11 is 5.90. The second kappa shape index (κ2) is 3.83. The summed E-state index contributed by atoms with van der Waals surface area (Å²) in [5.74, 6) is 0. The fourth-order valence-electron chi connectivity index (χ4n) is 1.28. The Bertz CT molecular complexity index is 366. The molecule has 0 bridgehead atoms. The Labute approximate surface area is 93.1 Å². The van der Waals surface area contributed by atoms with Crippen LogP contribution in [0.3, 0.4) is 0 Å². The number of benzene rings is 1. The van der Waals surface area contributed by atoms with E-state index in [9.17, 15) is 13.2 Å². The Hall–Kier alpha value is -0.483. The first kappa shape index (κ1) is 12.6. The molecule has 1 aromatic rings. The van der Waals surface area contributed by atoms with E-state index in [-0.39, 0.29) is 0 Å². The van der Waals surface area contributed by atoms with Crippen LogP contribution in [0.5, 0.6) is 0 Å². The van der Waals surface area contributed by atoms with Crippen LogP contribution in [0.1, 0.15) is 5.56 Å². The summed E-state index contributed by atoms with van der Waals surface area (Å²) in [4.78, 5) is 0. The van der Waals surface area contributed by atoms with Crippen molar-refractivity contribution >= 4 is 24.9 Å². The molecule has 0 aromatic heterocycles. The van der Waals surface area contributed by atoms with Gasteiger partial charge in [0.05, 0.1) is 13.6 Å². The second-order valence-electron chi connectivity index (χ2n) is 4.44. The van der Waals surface area contributed by atoms with Gasteiger partial charge in [-0.15, -0.1) is 0 Å². The fourth-order valence-corrected chi connectivity index (χ4v) is 3.63. The maximum atomic E-state index is 12.5. The van der Waals surface area contributed by atoms with Crippen molar-refractivity contribution in [2.45, 2.75) is 25.8 Å². The highest BCUT2D eigenvalue weighted by molar-refractivity contribution is 6.90. The van der Waals surface area contributed by atoms with Crippen LogP contribution in [-0.4, -0.2) is 8.07 Å². The highest BCUT2D eigenvalue weighted by Crippen LogP contribution is 2.30. The number of alkyl halides is 3. The highest BCUT2D eigenvalue weighted by atomic mass is 35.5. The smallest absolute Gasteiger partial charge is 0.166 e. The summed E-state index contributed by atoms with van der Waals surface area (Å²) in [6, 6.07) is 3.53. The van der Waals surface area contributed by atoms with E-state index in [1.807, 2.05) is 19.6 Å². The van der Waals surface area contributed by atoms with E-state index in [4.69, 9.17) is 11.6 Å². The van der Waals surface area contributed by atoms with Gasteiger partial charge in [-0.1, -0.05) is 31.2 Å². The van der Waals surface area contributed by atoms with Crippen LogP contribution in [0.2, 0.25) is 24.7 Å². The third kappa shape index (κ3) is 2.98. The molecule has 0 nitrogen and oxygen atoms in total. The molecular weight excluding hydrogens is 241 g/mol. The zero-order chi connectivity index (χ0) is 11.9. The van der Waals surface area contributed by atoms with Gasteiger partial charge in [0.25, 0.3) is 0 Å². The summed E-state index contributed by atoms with van der Waals surface area (Å²) in [5, 5.41) is 1.08. The van der Waals surface area contributed by atoms with E-state index in [1.165, 1.54) is 12.1 Å². The molecule has 84 valence electrons. The van der Waals surface area contributed by atoms with Gasteiger partial charge in [0.2, 0.25) is 0 Å². The normalized spacial score (nSPS) is 13.0. The molecule has 0 aliphatic carbocycles. The molecule has 1 rings (SSSR count). The summed E-state index contributed by atoms with van der Waals surface area (Å²) in [6.07, 6.45) is -4.29. The van der Waals surface area contributed by atoms with Crippen molar-refractivity contribution in [3.63, 3.8) is 0 Å². The summed E-state index contributed by atoms with van der Waals surface area (Å²) in [7, 11) is -1.82. The maximum Gasteiger partial charge on any atom is 0.416 e. The molecule has 5 heteroatoms. The van der Waals surface area contributed by atoms with Gasteiger partial charge in [-0.3, -0.25) is 0 Å². The number of hydrogen-bond donors (Lipinski definition) is 0. The SMILES string of the molecule is C[Si](C)(C)c1cc(C(F)(F)F)ccc1Cl. The molecule has 15 heavy (non-hydrogen) atoms. The molecule has 1 aromatic carbocycles. The zero-order valence-corrected chi connectivity index (χ0v) is 10.5. The molecular formula is C10H12ClF3Si. The Balaban J connectivity index is 3.30. The molecule has 0 heterocycles. The van der Waals surface area contributed by atoms with Crippen molar-refractivity contribution in [1.82, 2.24) is 0 Å². The minimum absolute atomic E-state index is 0.433. The average molecular weight is 253 g/mol. The largest absolute Gasteiger partial charge is 0.416 e. The van der Waals surface area contributed by atoms with Gasteiger partial charge in [-0.2, -0.15) is 13.2 Å². The molecule has 0 aliphatic rings. The van der Waals surface area contributed by atoms with Crippen LogP contribution in [0.25, 0.3) is 0 Å². The quantitative estimate of drug-likeness (QED) is 0.665. The molecule has 0 atom stereocenters. The van der Waals surface area contributed by atoms with Crippen molar-refractivity contribution < 1.29 is 13.2 Å². The van der Waals surface area contributed by atoms with E-state index >= 15 is 0 Å². The summed E-state index contributed by atoms with van der Waals surface area (Å²) < 4.78 is 37.4. The lowest BCUT2D eigenvalue weighted by molar-refractivity contribution is -0.137. The van der Waals surface area contributed by atoms with Crippen LogP contribution in [0.15, 0.2) is 18.2 Å². The molecule has 0 unspecified atom stereocenters. The van der Waals surface area contributed by atoms with Gasteiger partial charge in [0, 0.05) is 5.02 Å². The zero-order valence-electron chi connectivity index (χ0n) is 8.74. The fraction of sp³-hybridized carbons (Fsp3) is 0.400. The monoisotopic (exact) mass is 252 g/mol. The van der Waals surface area contributed by atoms with Crippen molar-refractivity contribution in [2.24, 2.45) is 0 Å². The third-order valence-electron chi connectivity index (χ3n) is 2.10. The second-order valence-corrected chi connectivity index (χ2v) is 9.89. The number of rotatable bonds is 1. The minimum atomic E-state index is -4.29. The van der Waals surface area contributed by atoms with Crippen LogP contribution in [0, 0.1) is 0 Å². The first-order chi connectivity index (χ1) is 6.62. The molecule has 0 spiro atoms. The minimum Gasteiger partial charge on any atom is -0.166 e. The first-order valence-corrected chi connectivity index (χ1v) is 8.37. The standard InChI is InChI=1S/C10H12ClF3Si/c1-15(2,3)9-6-7(10(12,13)14)4-5-8(9)11/h4-6H,1-3H3. The van der Waals surface area contributed by atoms with Crippen LogP contribution >= 0.6 is 11.6 Å². The first-order valence-electron chi connectivity index (χ1n) is 4.49. The van der Waals surface area contributed by atoms with Gasteiger partial charge in [-0.05, 0) is 23.4 Å². The molecule has 0 fully saturated rings. The number of halogens is 4. The summed E-state index contributed by atoms with van der Waals surface area (Å²) in [5.41, 5.74) is -0.621. The summed E-state index contributed by atoms with van der Waals surface area (Å²) in [6.45, 7) is 5.90. The Morgan fingerprint density at radius 3 is 2.07 bits per heavy atom. The van der Waals surface area contributed by atoms with Crippen LogP contribution in [0.4, 0.5) is 13.2 Å². The van der Waals surface area contributed by atoms with E-state index in [2.05, 4.69) is 0 Å². The van der Waals surface area contributed by atoms with Crippen LogP contribution < -0.4 is 5.19 Å². The predicted octanol–water partition coefficient (Wildman–Crippen LogP) is 3.90. The molecule has 0 aliphatic heterocycles. The van der Waals surface area contributed by atoms with Gasteiger partial charge in [-0.25, -0.2) is 0 Å². The topological polar surface area (TPSA) is 0 Å². The Morgan fingerprint density at radius 2 is 1.67 bits per heavy atom. The van der Waals surface area contributed by atoms with Gasteiger partial charge in [0.15, 0.2) is 0 Å². The van der Waals surface area contributed by atoms with E-state index in [1.54, 1.807) is 0 Å². The van der Waals surface area contributed by atoms with Gasteiger partial charge < -0.3 is 0 Å². The third-order valence-corrected chi connectivity index (χ3v) is 4.62. The lowest BCUT2D eigenvalue weighted by Gasteiger charge is -2.20. The lowest BCUT2D eigenvalue weighted by Crippen LogP contribution is -2.39. The average Bonchev–Trinajstić information content (AvgIpc) is 2.00. The predicted molar refractivity (Wildman–Crippen MR) is 59.4 cm³/mol. The van der Waals surface area contributed by atoms with E-state index in [0.29, 0.717) is 10.2 Å². The highest BCUT2D eigenvalue weighted by Gasteiger charge is 2.32. The molecule has 0 saturated heterocycles. The Morgan fingerprint density at radius 1 is 1.13 bits per heavy atom. The molecule has 0 amide bonds. The molecule has 0 saturated carbocycles. The lowest BCUT2D eigenvalue weighted by atomic mass is 10.2. The van der Waals surface area contributed by atoms with Crippen molar-refractivity contribution in [2.75, 3.05) is 0 Å². The Kier molecular flexibility index (Phi) is 3.21. The van der Waals surface area contributed by atoms with Crippen LogP contribution in [-0.2, 0) is 6.18 Å².